The number of rotatable bonds is 9. The first-order chi connectivity index (χ1) is 12.7. The molecule has 0 radical (unpaired) electrons. The lowest BCUT2D eigenvalue weighted by atomic mass is 9.86. The van der Waals surface area contributed by atoms with Crippen molar-refractivity contribution in [2.75, 3.05) is 26.4 Å². The van der Waals surface area contributed by atoms with Gasteiger partial charge >= 0.3 is 11.9 Å². The highest BCUT2D eigenvalue weighted by Crippen LogP contribution is 2.29. The smallest absolute Gasteiger partial charge is 0.321 e. The molecule has 1 aromatic rings. The van der Waals surface area contributed by atoms with Crippen LogP contribution in [0.4, 0.5) is 0 Å². The number of hydrogen-bond acceptors (Lipinski definition) is 6. The lowest BCUT2D eigenvalue weighted by Gasteiger charge is -2.28. The quantitative estimate of drug-likeness (QED) is 0.495. The van der Waals surface area contributed by atoms with Gasteiger partial charge in [0.15, 0.2) is 12.2 Å². The van der Waals surface area contributed by atoms with E-state index in [-0.39, 0.29) is 26.1 Å². The van der Waals surface area contributed by atoms with Crippen molar-refractivity contribution in [2.24, 2.45) is 5.92 Å². The minimum absolute atomic E-state index is 0.178. The summed E-state index contributed by atoms with van der Waals surface area (Å²) in [5, 5.41) is 0. The maximum absolute atomic E-state index is 12.5. The summed E-state index contributed by atoms with van der Waals surface area (Å²) in [7, 11) is 0. The molecule has 0 bridgehead atoms. The molecule has 2 rings (SSSR count). The Labute approximate surface area is 154 Å². The number of benzene rings is 1. The molecule has 0 aliphatic carbocycles. The molecule has 2 unspecified atom stereocenters. The fraction of sp³-hybridized carbons (Fsp3) is 0.600. The zero-order valence-corrected chi connectivity index (χ0v) is 15.5. The van der Waals surface area contributed by atoms with E-state index in [0.29, 0.717) is 6.61 Å². The number of carbonyl (C=O) groups excluding carboxylic acids is 2. The van der Waals surface area contributed by atoms with Gasteiger partial charge in [0.25, 0.3) is 0 Å². The van der Waals surface area contributed by atoms with E-state index in [4.69, 9.17) is 18.9 Å². The minimum atomic E-state index is -1.07. The third-order valence-corrected chi connectivity index (χ3v) is 4.31. The molecule has 2 atom stereocenters. The second-order valence-electron chi connectivity index (χ2n) is 6.13. The van der Waals surface area contributed by atoms with E-state index in [1.54, 1.807) is 13.8 Å². The van der Waals surface area contributed by atoms with Crippen LogP contribution in [0.25, 0.3) is 0 Å². The normalized spacial score (nSPS) is 18.3. The Morgan fingerprint density at radius 2 is 1.73 bits per heavy atom. The second-order valence-corrected chi connectivity index (χ2v) is 6.13. The van der Waals surface area contributed by atoms with Gasteiger partial charge in [0.05, 0.1) is 19.8 Å². The molecule has 26 heavy (non-hydrogen) atoms. The van der Waals surface area contributed by atoms with Crippen LogP contribution in [-0.2, 0) is 28.5 Å². The molecule has 1 aromatic carbocycles. The fourth-order valence-electron chi connectivity index (χ4n) is 3.03. The average Bonchev–Trinajstić information content (AvgIpc) is 2.67. The van der Waals surface area contributed by atoms with Crippen LogP contribution >= 0.6 is 0 Å². The molecule has 144 valence electrons. The van der Waals surface area contributed by atoms with Crippen LogP contribution in [-0.4, -0.2) is 44.7 Å². The molecule has 6 nitrogen and oxygen atoms in total. The highest BCUT2D eigenvalue weighted by atomic mass is 16.7. The number of hydrogen-bond donors (Lipinski definition) is 0. The van der Waals surface area contributed by atoms with Crippen molar-refractivity contribution in [3.63, 3.8) is 0 Å². The first kappa shape index (κ1) is 20.4. The van der Waals surface area contributed by atoms with Crippen LogP contribution < -0.4 is 0 Å². The van der Waals surface area contributed by atoms with Gasteiger partial charge in [0.1, 0.15) is 0 Å². The van der Waals surface area contributed by atoms with Crippen LogP contribution in [0.1, 0.15) is 44.6 Å². The SMILES string of the molecule is CCOC(=O)C(C(=O)OCC)C(COC1CCCCO1)c1ccccc1. The summed E-state index contributed by atoms with van der Waals surface area (Å²) < 4.78 is 21.8. The van der Waals surface area contributed by atoms with Gasteiger partial charge in [0.2, 0.25) is 0 Å². The van der Waals surface area contributed by atoms with Crippen LogP contribution in [0.2, 0.25) is 0 Å². The Bertz CT molecular complexity index is 535. The van der Waals surface area contributed by atoms with Gasteiger partial charge in [-0.2, -0.15) is 0 Å². The third kappa shape index (κ3) is 5.81. The molecule has 0 spiro atoms. The molecule has 1 fully saturated rings. The molecule has 0 N–H and O–H groups in total. The molecular formula is C20H28O6. The fourth-order valence-corrected chi connectivity index (χ4v) is 3.03. The standard InChI is InChI=1S/C20H28O6/c1-3-23-19(21)18(20(22)24-4-2)16(15-10-6-5-7-11-15)14-26-17-12-8-9-13-25-17/h5-7,10-11,16-18H,3-4,8-9,12-14H2,1-2H3. The zero-order valence-electron chi connectivity index (χ0n) is 15.5. The largest absolute Gasteiger partial charge is 0.465 e. The van der Waals surface area contributed by atoms with Crippen LogP contribution in [0.3, 0.4) is 0 Å². The zero-order chi connectivity index (χ0) is 18.8. The lowest BCUT2D eigenvalue weighted by Crippen LogP contribution is -2.36. The Morgan fingerprint density at radius 1 is 1.08 bits per heavy atom. The highest BCUT2D eigenvalue weighted by Gasteiger charge is 2.39. The second kappa shape index (κ2) is 10.9. The van der Waals surface area contributed by atoms with Gasteiger partial charge in [-0.25, -0.2) is 0 Å². The van der Waals surface area contributed by atoms with Gasteiger partial charge in [0, 0.05) is 12.5 Å². The number of ether oxygens (including phenoxy) is 4. The van der Waals surface area contributed by atoms with Gasteiger partial charge in [-0.15, -0.1) is 0 Å². The van der Waals surface area contributed by atoms with Crippen molar-refractivity contribution in [1.29, 1.82) is 0 Å². The van der Waals surface area contributed by atoms with E-state index in [9.17, 15) is 9.59 Å². The Balaban J connectivity index is 2.22. The predicted molar refractivity (Wildman–Crippen MR) is 95.5 cm³/mol. The predicted octanol–water partition coefficient (Wildman–Crippen LogP) is 3.06. The van der Waals surface area contributed by atoms with Gasteiger partial charge in [-0.1, -0.05) is 30.3 Å². The molecule has 1 saturated heterocycles. The molecule has 1 aliphatic heterocycles. The molecule has 6 heteroatoms. The van der Waals surface area contributed by atoms with E-state index >= 15 is 0 Å². The van der Waals surface area contributed by atoms with Crippen molar-refractivity contribution in [1.82, 2.24) is 0 Å². The third-order valence-electron chi connectivity index (χ3n) is 4.31. The molecule has 0 saturated carbocycles. The van der Waals surface area contributed by atoms with Gasteiger partial charge in [-0.3, -0.25) is 9.59 Å². The summed E-state index contributed by atoms with van der Waals surface area (Å²) in [4.78, 5) is 25.0. The average molecular weight is 364 g/mol. The Hall–Kier alpha value is -1.92. The Morgan fingerprint density at radius 3 is 2.27 bits per heavy atom. The monoisotopic (exact) mass is 364 g/mol. The van der Waals surface area contributed by atoms with Crippen LogP contribution in [0.5, 0.6) is 0 Å². The van der Waals surface area contributed by atoms with Crippen LogP contribution in [0, 0.1) is 5.92 Å². The van der Waals surface area contributed by atoms with Crippen molar-refractivity contribution in [2.45, 2.75) is 45.3 Å². The summed E-state index contributed by atoms with van der Waals surface area (Å²) in [5.74, 6) is -2.75. The minimum Gasteiger partial charge on any atom is -0.465 e. The highest BCUT2D eigenvalue weighted by molar-refractivity contribution is 5.96. The van der Waals surface area contributed by atoms with E-state index < -0.39 is 23.8 Å². The summed E-state index contributed by atoms with van der Waals surface area (Å²) in [6.07, 6.45) is 2.57. The molecule has 0 amide bonds. The first-order valence-electron chi connectivity index (χ1n) is 9.28. The molecular weight excluding hydrogens is 336 g/mol. The van der Waals surface area contributed by atoms with Crippen LogP contribution in [0.15, 0.2) is 30.3 Å². The summed E-state index contributed by atoms with van der Waals surface area (Å²) >= 11 is 0. The molecule has 1 heterocycles. The van der Waals surface area contributed by atoms with Crippen molar-refractivity contribution >= 4 is 11.9 Å². The Kier molecular flexibility index (Phi) is 8.58. The maximum Gasteiger partial charge on any atom is 0.321 e. The molecule has 0 aromatic heterocycles. The summed E-state index contributed by atoms with van der Waals surface area (Å²) in [6, 6.07) is 9.37. The number of esters is 2. The van der Waals surface area contributed by atoms with Crippen molar-refractivity contribution in [3.05, 3.63) is 35.9 Å². The van der Waals surface area contributed by atoms with Gasteiger partial charge < -0.3 is 18.9 Å². The van der Waals surface area contributed by atoms with E-state index in [1.165, 1.54) is 0 Å². The van der Waals surface area contributed by atoms with Gasteiger partial charge in [-0.05, 0) is 38.7 Å². The first-order valence-corrected chi connectivity index (χ1v) is 9.28. The van der Waals surface area contributed by atoms with Crippen molar-refractivity contribution < 1.29 is 28.5 Å². The van der Waals surface area contributed by atoms with E-state index in [1.807, 2.05) is 30.3 Å². The van der Waals surface area contributed by atoms with Crippen molar-refractivity contribution in [3.8, 4) is 0 Å². The van der Waals surface area contributed by atoms with E-state index in [2.05, 4.69) is 0 Å². The summed E-state index contributed by atoms with van der Waals surface area (Å²) in [5.41, 5.74) is 0.828. The molecule has 1 aliphatic rings. The maximum atomic E-state index is 12.5. The lowest BCUT2D eigenvalue weighted by molar-refractivity contribution is -0.177. The number of carbonyl (C=O) groups is 2. The summed E-state index contributed by atoms with van der Waals surface area (Å²) in [6.45, 7) is 4.66. The van der Waals surface area contributed by atoms with E-state index in [0.717, 1.165) is 24.8 Å². The topological polar surface area (TPSA) is 71.1 Å².